The molecule has 0 saturated heterocycles. The first-order valence-electron chi connectivity index (χ1n) is 5.00. The molecule has 0 N–H and O–H groups in total. The minimum Gasteiger partial charge on any atom is -0.229 e. The maximum absolute atomic E-state index is 12.2. The molecule has 0 unspecified atom stereocenters. The fraction of sp³-hybridized carbons (Fsp3) is 0.400. The Morgan fingerprint density at radius 2 is 1.56 bits per heavy atom. The number of rotatable bonds is 5. The van der Waals surface area contributed by atoms with Gasteiger partial charge in [-0.2, -0.15) is 8.78 Å². The van der Waals surface area contributed by atoms with E-state index in [4.69, 9.17) is 0 Å². The van der Waals surface area contributed by atoms with Crippen LogP contribution in [0.25, 0.3) is 0 Å². The highest BCUT2D eigenvalue weighted by Gasteiger charge is 2.26. The molecule has 1 aromatic rings. The first-order chi connectivity index (χ1) is 8.19. The highest BCUT2D eigenvalue weighted by atomic mass is 32.2. The van der Waals surface area contributed by atoms with Crippen molar-refractivity contribution in [2.45, 2.75) is 23.3 Å². The molecule has 18 heavy (non-hydrogen) atoms. The Balaban J connectivity index is 3.02. The molecule has 0 amide bonds. The van der Waals surface area contributed by atoms with Gasteiger partial charge in [-0.15, -0.1) is 0 Å². The standard InChI is InChI=1S/C10H12F2O4S2/c1-2-17(13,14)7-8-3-5-9(6-4-8)18(15,16)10(11)12/h3-6,10H,2,7H2,1H3. The lowest BCUT2D eigenvalue weighted by atomic mass is 10.2. The Labute approximate surface area is 104 Å². The zero-order valence-electron chi connectivity index (χ0n) is 9.51. The Morgan fingerprint density at radius 3 is 1.94 bits per heavy atom. The molecule has 0 aliphatic rings. The van der Waals surface area contributed by atoms with Crippen molar-refractivity contribution in [3.63, 3.8) is 0 Å². The molecular formula is C10H12F2O4S2. The topological polar surface area (TPSA) is 68.3 Å². The molecule has 0 aliphatic carbocycles. The van der Waals surface area contributed by atoms with Crippen LogP contribution < -0.4 is 0 Å². The first-order valence-corrected chi connectivity index (χ1v) is 8.37. The van der Waals surface area contributed by atoms with E-state index in [0.29, 0.717) is 5.56 Å². The predicted octanol–water partition coefficient (Wildman–Crippen LogP) is 1.62. The van der Waals surface area contributed by atoms with Gasteiger partial charge in [-0.05, 0) is 17.7 Å². The number of sulfone groups is 2. The van der Waals surface area contributed by atoms with Crippen molar-refractivity contribution in [3.05, 3.63) is 29.8 Å². The van der Waals surface area contributed by atoms with Crippen LogP contribution >= 0.6 is 0 Å². The molecule has 0 spiro atoms. The second-order valence-corrected chi connectivity index (χ2v) is 7.90. The van der Waals surface area contributed by atoms with Crippen molar-refractivity contribution in [3.8, 4) is 0 Å². The average Bonchev–Trinajstić information content (AvgIpc) is 2.29. The molecule has 0 saturated carbocycles. The van der Waals surface area contributed by atoms with E-state index in [-0.39, 0.29) is 11.5 Å². The number of hydrogen-bond acceptors (Lipinski definition) is 4. The smallest absolute Gasteiger partial charge is 0.229 e. The minimum absolute atomic E-state index is 0.0376. The summed E-state index contributed by atoms with van der Waals surface area (Å²) < 4.78 is 69.4. The summed E-state index contributed by atoms with van der Waals surface area (Å²) in [7, 11) is -7.86. The van der Waals surface area contributed by atoms with E-state index in [1.54, 1.807) is 0 Å². The summed E-state index contributed by atoms with van der Waals surface area (Å²) >= 11 is 0. The predicted molar refractivity (Wildman–Crippen MR) is 62.8 cm³/mol. The second-order valence-electron chi connectivity index (χ2n) is 3.63. The zero-order chi connectivity index (χ0) is 14.0. The molecule has 0 heterocycles. The third kappa shape index (κ3) is 3.49. The van der Waals surface area contributed by atoms with Crippen LogP contribution in [-0.2, 0) is 25.4 Å². The fourth-order valence-corrected chi connectivity index (χ4v) is 2.86. The van der Waals surface area contributed by atoms with Crippen LogP contribution in [0, 0.1) is 0 Å². The van der Waals surface area contributed by atoms with E-state index in [9.17, 15) is 25.6 Å². The summed E-state index contributed by atoms with van der Waals surface area (Å²) in [6.45, 7) is 1.49. The lowest BCUT2D eigenvalue weighted by molar-refractivity contribution is 0.234. The molecule has 0 radical (unpaired) electrons. The van der Waals surface area contributed by atoms with Crippen molar-refractivity contribution in [1.29, 1.82) is 0 Å². The van der Waals surface area contributed by atoms with Crippen LogP contribution in [0.1, 0.15) is 12.5 Å². The maximum Gasteiger partial charge on any atom is 0.341 e. The van der Waals surface area contributed by atoms with Crippen LogP contribution in [0.5, 0.6) is 0 Å². The molecule has 1 aromatic carbocycles. The van der Waals surface area contributed by atoms with Crippen LogP contribution in [0.15, 0.2) is 29.2 Å². The Hall–Kier alpha value is -1.02. The Kier molecular flexibility index (Phi) is 4.44. The van der Waals surface area contributed by atoms with Gasteiger partial charge in [0, 0.05) is 5.75 Å². The normalized spacial score (nSPS) is 12.9. The van der Waals surface area contributed by atoms with E-state index in [1.807, 2.05) is 0 Å². The first kappa shape index (κ1) is 15.0. The average molecular weight is 298 g/mol. The van der Waals surface area contributed by atoms with Gasteiger partial charge in [0.15, 0.2) is 9.84 Å². The van der Waals surface area contributed by atoms with Gasteiger partial charge in [-0.25, -0.2) is 16.8 Å². The van der Waals surface area contributed by atoms with Crippen molar-refractivity contribution in [2.75, 3.05) is 5.75 Å². The van der Waals surface area contributed by atoms with Gasteiger partial charge < -0.3 is 0 Å². The summed E-state index contributed by atoms with van der Waals surface area (Å²) in [5.41, 5.74) is 0.366. The highest BCUT2D eigenvalue weighted by Crippen LogP contribution is 2.19. The van der Waals surface area contributed by atoms with Crippen LogP contribution in [0.3, 0.4) is 0 Å². The van der Waals surface area contributed by atoms with E-state index < -0.39 is 30.3 Å². The number of benzene rings is 1. The SMILES string of the molecule is CCS(=O)(=O)Cc1ccc(S(=O)(=O)C(F)F)cc1. The molecule has 0 bridgehead atoms. The highest BCUT2D eigenvalue weighted by molar-refractivity contribution is 7.91. The van der Waals surface area contributed by atoms with Crippen molar-refractivity contribution >= 4 is 19.7 Å². The monoisotopic (exact) mass is 298 g/mol. The summed E-state index contributed by atoms with van der Waals surface area (Å²) in [6, 6.07) is 4.43. The summed E-state index contributed by atoms with van der Waals surface area (Å²) in [4.78, 5) is -0.518. The van der Waals surface area contributed by atoms with Crippen LogP contribution in [-0.4, -0.2) is 28.3 Å². The quantitative estimate of drug-likeness (QED) is 0.828. The van der Waals surface area contributed by atoms with Gasteiger partial charge in [-0.3, -0.25) is 0 Å². The fourth-order valence-electron chi connectivity index (χ4n) is 1.23. The number of hydrogen-bond donors (Lipinski definition) is 0. The Morgan fingerprint density at radius 1 is 1.06 bits per heavy atom. The molecule has 102 valence electrons. The maximum atomic E-state index is 12.2. The van der Waals surface area contributed by atoms with Crippen molar-refractivity contribution in [1.82, 2.24) is 0 Å². The van der Waals surface area contributed by atoms with Gasteiger partial charge in [0.25, 0.3) is 0 Å². The van der Waals surface area contributed by atoms with Crippen LogP contribution in [0.2, 0.25) is 0 Å². The second kappa shape index (κ2) is 5.31. The summed E-state index contributed by atoms with van der Waals surface area (Å²) in [5.74, 6) is -3.76. The van der Waals surface area contributed by atoms with Gasteiger partial charge >= 0.3 is 5.76 Å². The van der Waals surface area contributed by atoms with E-state index in [2.05, 4.69) is 0 Å². The van der Waals surface area contributed by atoms with Gasteiger partial charge in [0.2, 0.25) is 9.84 Å². The van der Waals surface area contributed by atoms with Gasteiger partial charge in [-0.1, -0.05) is 19.1 Å². The summed E-state index contributed by atoms with van der Waals surface area (Å²) in [5, 5.41) is 0. The molecule has 0 atom stereocenters. The minimum atomic E-state index is -4.63. The van der Waals surface area contributed by atoms with E-state index in [1.165, 1.54) is 19.1 Å². The molecular weight excluding hydrogens is 286 g/mol. The van der Waals surface area contributed by atoms with Crippen LogP contribution in [0.4, 0.5) is 8.78 Å². The molecule has 8 heteroatoms. The summed E-state index contributed by atoms with van der Waals surface area (Å²) in [6.07, 6.45) is 0. The lowest BCUT2D eigenvalue weighted by Gasteiger charge is -2.05. The van der Waals surface area contributed by atoms with Crippen molar-refractivity contribution < 1.29 is 25.6 Å². The van der Waals surface area contributed by atoms with E-state index >= 15 is 0 Å². The van der Waals surface area contributed by atoms with Gasteiger partial charge in [0.05, 0.1) is 10.6 Å². The molecule has 1 rings (SSSR count). The largest absolute Gasteiger partial charge is 0.341 e. The molecule has 0 fully saturated rings. The molecule has 4 nitrogen and oxygen atoms in total. The van der Waals surface area contributed by atoms with Gasteiger partial charge in [0.1, 0.15) is 0 Å². The molecule has 0 aliphatic heterocycles. The third-order valence-electron chi connectivity index (χ3n) is 2.31. The molecule has 0 aromatic heterocycles. The zero-order valence-corrected chi connectivity index (χ0v) is 11.1. The number of halogens is 2. The number of alkyl halides is 2. The lowest BCUT2D eigenvalue weighted by Crippen LogP contribution is -2.11. The van der Waals surface area contributed by atoms with E-state index in [0.717, 1.165) is 12.1 Å². The Bertz CT molecular complexity index is 604. The third-order valence-corrected chi connectivity index (χ3v) is 5.36. The van der Waals surface area contributed by atoms with Crippen molar-refractivity contribution in [2.24, 2.45) is 0 Å².